The number of hydrogen-bond donors (Lipinski definition) is 1. The van der Waals surface area contributed by atoms with E-state index in [4.69, 9.17) is 14.7 Å². The molecule has 3 aromatic heterocycles. The lowest BCUT2D eigenvalue weighted by Gasteiger charge is -2.34. The average molecular weight is 432 g/mol. The van der Waals surface area contributed by atoms with Crippen LogP contribution in [0.5, 0.6) is 0 Å². The smallest absolute Gasteiger partial charge is 0.130 e. The molecule has 1 saturated heterocycles. The Hall–Kier alpha value is -2.90. The number of ether oxygens (including phenoxy) is 1. The van der Waals surface area contributed by atoms with E-state index in [9.17, 15) is 0 Å². The number of fused-ring (bicyclic) bond motifs is 1. The lowest BCUT2D eigenvalue weighted by atomic mass is 9.97. The molecule has 0 spiro atoms. The summed E-state index contributed by atoms with van der Waals surface area (Å²) in [7, 11) is 0. The number of pyridine rings is 2. The molecule has 0 amide bonds. The number of nitrogens with one attached hydrogen (secondary N) is 1. The Morgan fingerprint density at radius 3 is 2.74 bits per heavy atom. The number of morpholine rings is 1. The lowest BCUT2D eigenvalue weighted by molar-refractivity contribution is 0.0986. The van der Waals surface area contributed by atoms with Gasteiger partial charge in [-0.2, -0.15) is 5.10 Å². The summed E-state index contributed by atoms with van der Waals surface area (Å²) in [5, 5.41) is 8.31. The van der Waals surface area contributed by atoms with Crippen molar-refractivity contribution >= 4 is 28.5 Å². The zero-order valence-corrected chi connectivity index (χ0v) is 18.7. The van der Waals surface area contributed by atoms with E-state index >= 15 is 0 Å². The van der Waals surface area contributed by atoms with Crippen molar-refractivity contribution in [3.05, 3.63) is 54.4 Å². The Kier molecular flexibility index (Phi) is 5.38. The van der Waals surface area contributed by atoms with Crippen LogP contribution in [0.25, 0.3) is 33.4 Å². The SMILES string of the molecule is CSc1ccc(-c2cc(N3CCOCC3C)nc3c(-c4ccn[nH]4)ncc(C)c23)cc1. The zero-order valence-electron chi connectivity index (χ0n) is 17.9. The van der Waals surface area contributed by atoms with Gasteiger partial charge in [0.1, 0.15) is 17.0 Å². The second kappa shape index (κ2) is 8.32. The number of anilines is 1. The highest BCUT2D eigenvalue weighted by Gasteiger charge is 2.23. The summed E-state index contributed by atoms with van der Waals surface area (Å²) in [6, 6.07) is 13.2. The molecule has 1 aliphatic rings. The van der Waals surface area contributed by atoms with Gasteiger partial charge < -0.3 is 9.64 Å². The van der Waals surface area contributed by atoms with Crippen LogP contribution < -0.4 is 4.90 Å². The van der Waals surface area contributed by atoms with Crippen molar-refractivity contribution in [3.8, 4) is 22.5 Å². The minimum Gasteiger partial charge on any atom is -0.377 e. The molecular weight excluding hydrogens is 406 g/mol. The van der Waals surface area contributed by atoms with E-state index in [-0.39, 0.29) is 6.04 Å². The van der Waals surface area contributed by atoms with Crippen LogP contribution in [0.2, 0.25) is 0 Å². The van der Waals surface area contributed by atoms with Crippen LogP contribution in [-0.4, -0.2) is 52.2 Å². The van der Waals surface area contributed by atoms with Gasteiger partial charge in [-0.25, -0.2) is 4.98 Å². The van der Waals surface area contributed by atoms with Crippen molar-refractivity contribution in [2.75, 3.05) is 30.9 Å². The van der Waals surface area contributed by atoms with Gasteiger partial charge in [0.25, 0.3) is 0 Å². The van der Waals surface area contributed by atoms with Crippen LogP contribution >= 0.6 is 11.8 Å². The molecule has 158 valence electrons. The van der Waals surface area contributed by atoms with E-state index in [1.54, 1.807) is 18.0 Å². The Bertz CT molecular complexity index is 1210. The van der Waals surface area contributed by atoms with Gasteiger partial charge in [-0.3, -0.25) is 10.1 Å². The first-order valence-electron chi connectivity index (χ1n) is 10.4. The van der Waals surface area contributed by atoms with Crippen LogP contribution in [0.1, 0.15) is 12.5 Å². The normalized spacial score (nSPS) is 16.7. The molecule has 31 heavy (non-hydrogen) atoms. The van der Waals surface area contributed by atoms with E-state index in [1.165, 1.54) is 16.0 Å². The maximum Gasteiger partial charge on any atom is 0.130 e. The molecular formula is C24H25N5OS. The highest BCUT2D eigenvalue weighted by Crippen LogP contribution is 2.37. The number of aromatic nitrogens is 4. The van der Waals surface area contributed by atoms with Crippen LogP contribution in [0.3, 0.4) is 0 Å². The maximum atomic E-state index is 5.67. The molecule has 1 aliphatic heterocycles. The molecule has 1 aromatic carbocycles. The largest absolute Gasteiger partial charge is 0.377 e. The summed E-state index contributed by atoms with van der Waals surface area (Å²) in [6.45, 7) is 6.52. The van der Waals surface area contributed by atoms with Crippen LogP contribution in [-0.2, 0) is 4.74 Å². The fourth-order valence-corrected chi connectivity index (χ4v) is 4.60. The molecule has 4 heterocycles. The third-order valence-corrected chi connectivity index (χ3v) is 6.57. The predicted molar refractivity (Wildman–Crippen MR) is 127 cm³/mol. The minimum atomic E-state index is 0.263. The van der Waals surface area contributed by atoms with E-state index < -0.39 is 0 Å². The van der Waals surface area contributed by atoms with Crippen molar-refractivity contribution in [3.63, 3.8) is 0 Å². The molecule has 4 aromatic rings. The second-order valence-electron chi connectivity index (χ2n) is 7.86. The first kappa shape index (κ1) is 20.0. The summed E-state index contributed by atoms with van der Waals surface area (Å²) in [5.41, 5.74) is 6.04. The lowest BCUT2D eigenvalue weighted by Crippen LogP contribution is -2.44. The number of hydrogen-bond acceptors (Lipinski definition) is 6. The van der Waals surface area contributed by atoms with Crippen LogP contribution in [0.4, 0.5) is 5.82 Å². The van der Waals surface area contributed by atoms with E-state index in [0.29, 0.717) is 13.2 Å². The molecule has 0 radical (unpaired) electrons. The highest BCUT2D eigenvalue weighted by molar-refractivity contribution is 7.98. The quantitative estimate of drug-likeness (QED) is 0.462. The Labute approximate surface area is 186 Å². The van der Waals surface area contributed by atoms with E-state index in [2.05, 4.69) is 65.5 Å². The van der Waals surface area contributed by atoms with Gasteiger partial charge in [0, 0.05) is 29.2 Å². The van der Waals surface area contributed by atoms with Gasteiger partial charge >= 0.3 is 0 Å². The van der Waals surface area contributed by atoms with E-state index in [0.717, 1.165) is 40.2 Å². The fraction of sp³-hybridized carbons (Fsp3) is 0.292. The summed E-state index contributed by atoms with van der Waals surface area (Å²) in [6.07, 6.45) is 5.77. The first-order valence-corrected chi connectivity index (χ1v) is 11.7. The van der Waals surface area contributed by atoms with Gasteiger partial charge in [-0.1, -0.05) is 12.1 Å². The number of aryl methyl sites for hydroxylation is 1. The molecule has 1 N–H and O–H groups in total. The van der Waals surface area contributed by atoms with Gasteiger partial charge in [0.2, 0.25) is 0 Å². The molecule has 0 aliphatic carbocycles. The maximum absolute atomic E-state index is 5.67. The fourth-order valence-electron chi connectivity index (χ4n) is 4.19. The number of nitrogens with zero attached hydrogens (tertiary/aromatic N) is 4. The predicted octanol–water partition coefficient (Wildman–Crippen LogP) is 4.94. The number of H-pyrrole nitrogens is 1. The standard InChI is InChI=1S/C24H25N5OS/c1-15-13-25-23(20-8-9-26-28-20)24-22(15)19(17-4-6-18(31-3)7-5-17)12-21(27-24)29-10-11-30-14-16(29)2/h4-9,12-13,16H,10-11,14H2,1-3H3,(H,26,28). The molecule has 1 unspecified atom stereocenters. The molecule has 0 saturated carbocycles. The van der Waals surface area contributed by atoms with Gasteiger partial charge in [-0.15, -0.1) is 11.8 Å². The van der Waals surface area contributed by atoms with Gasteiger partial charge in [0.15, 0.2) is 0 Å². The summed E-state index contributed by atoms with van der Waals surface area (Å²) < 4.78 is 5.67. The van der Waals surface area contributed by atoms with Gasteiger partial charge in [-0.05, 0) is 61.1 Å². The Morgan fingerprint density at radius 2 is 2.03 bits per heavy atom. The minimum absolute atomic E-state index is 0.263. The van der Waals surface area contributed by atoms with Crippen LogP contribution in [0, 0.1) is 6.92 Å². The third kappa shape index (κ3) is 3.68. The van der Waals surface area contributed by atoms with Crippen molar-refractivity contribution in [2.45, 2.75) is 24.8 Å². The molecule has 0 bridgehead atoms. The van der Waals surface area contributed by atoms with Gasteiger partial charge in [0.05, 0.1) is 24.9 Å². The van der Waals surface area contributed by atoms with E-state index in [1.807, 2.05) is 12.3 Å². The highest BCUT2D eigenvalue weighted by atomic mass is 32.2. The average Bonchev–Trinajstić information content (AvgIpc) is 3.34. The second-order valence-corrected chi connectivity index (χ2v) is 8.74. The first-order chi connectivity index (χ1) is 15.2. The number of benzene rings is 1. The molecule has 5 rings (SSSR count). The number of rotatable bonds is 4. The molecule has 6 nitrogen and oxygen atoms in total. The zero-order chi connectivity index (χ0) is 21.4. The number of thioether (sulfide) groups is 1. The van der Waals surface area contributed by atoms with Crippen molar-refractivity contribution in [1.29, 1.82) is 0 Å². The molecule has 7 heteroatoms. The summed E-state index contributed by atoms with van der Waals surface area (Å²) in [5.74, 6) is 0.959. The van der Waals surface area contributed by atoms with Crippen molar-refractivity contribution < 1.29 is 4.74 Å². The Morgan fingerprint density at radius 1 is 1.19 bits per heavy atom. The molecule has 1 fully saturated rings. The van der Waals surface area contributed by atoms with Crippen molar-refractivity contribution in [1.82, 2.24) is 20.2 Å². The number of aromatic amines is 1. The third-order valence-electron chi connectivity index (χ3n) is 5.83. The topological polar surface area (TPSA) is 66.9 Å². The Balaban J connectivity index is 1.79. The van der Waals surface area contributed by atoms with Crippen molar-refractivity contribution in [2.24, 2.45) is 0 Å². The monoisotopic (exact) mass is 431 g/mol. The summed E-state index contributed by atoms with van der Waals surface area (Å²) >= 11 is 1.75. The van der Waals surface area contributed by atoms with Crippen LogP contribution in [0.15, 0.2) is 53.7 Å². The summed E-state index contributed by atoms with van der Waals surface area (Å²) in [4.78, 5) is 13.5. The molecule has 1 atom stereocenters.